The molecule has 0 amide bonds. The van der Waals surface area contributed by atoms with Gasteiger partial charge in [0.05, 0.1) is 0 Å². The van der Waals surface area contributed by atoms with Gasteiger partial charge in [-0.05, 0) is 25.3 Å². The summed E-state index contributed by atoms with van der Waals surface area (Å²) in [5.74, 6) is 1.96. The Hall–Kier alpha value is -0.810. The summed E-state index contributed by atoms with van der Waals surface area (Å²) >= 11 is 0. The lowest BCUT2D eigenvalue weighted by Crippen LogP contribution is -2.10. The van der Waals surface area contributed by atoms with Crippen LogP contribution < -0.4 is 5.73 Å². The molecule has 0 aliphatic rings. The summed E-state index contributed by atoms with van der Waals surface area (Å²) in [7, 11) is 0. The molecule has 56 valence electrons. The van der Waals surface area contributed by atoms with Crippen LogP contribution in [0.5, 0.6) is 0 Å². The standard InChI is InChI=1S/C8H13NO/c1-3-8(10)7(2)5-4-6-9/h1,7H,4-6,9H2,2H3. The third kappa shape index (κ3) is 3.26. The van der Waals surface area contributed by atoms with Crippen LogP contribution in [0, 0.1) is 18.3 Å². The van der Waals surface area contributed by atoms with Gasteiger partial charge in [0.2, 0.25) is 5.78 Å². The first kappa shape index (κ1) is 9.19. The van der Waals surface area contributed by atoms with Gasteiger partial charge >= 0.3 is 0 Å². The molecule has 0 saturated carbocycles. The quantitative estimate of drug-likeness (QED) is 0.457. The van der Waals surface area contributed by atoms with Crippen molar-refractivity contribution < 1.29 is 4.79 Å². The molecule has 0 aromatic rings. The van der Waals surface area contributed by atoms with Gasteiger partial charge in [-0.1, -0.05) is 6.92 Å². The van der Waals surface area contributed by atoms with Gasteiger partial charge in [-0.15, -0.1) is 6.42 Å². The monoisotopic (exact) mass is 139 g/mol. The average Bonchev–Trinajstić information content (AvgIpc) is 1.98. The molecule has 0 spiro atoms. The highest BCUT2D eigenvalue weighted by atomic mass is 16.1. The molecule has 0 heterocycles. The fourth-order valence-corrected chi connectivity index (χ4v) is 0.697. The molecule has 0 radical (unpaired) electrons. The van der Waals surface area contributed by atoms with E-state index in [1.54, 1.807) is 0 Å². The second-order valence-electron chi connectivity index (χ2n) is 2.34. The van der Waals surface area contributed by atoms with Crippen molar-refractivity contribution in [2.75, 3.05) is 6.54 Å². The summed E-state index contributed by atoms with van der Waals surface area (Å²) in [5.41, 5.74) is 5.26. The minimum Gasteiger partial charge on any atom is -0.330 e. The molecule has 0 aromatic heterocycles. The minimum absolute atomic E-state index is 0.0199. The Morgan fingerprint density at radius 2 is 2.40 bits per heavy atom. The Bertz CT molecular complexity index is 146. The van der Waals surface area contributed by atoms with Crippen LogP contribution in [0.2, 0.25) is 0 Å². The number of carbonyl (C=O) groups is 1. The average molecular weight is 139 g/mol. The van der Waals surface area contributed by atoms with Crippen molar-refractivity contribution in [3.8, 4) is 12.3 Å². The highest BCUT2D eigenvalue weighted by Crippen LogP contribution is 2.04. The summed E-state index contributed by atoms with van der Waals surface area (Å²) < 4.78 is 0. The van der Waals surface area contributed by atoms with E-state index in [0.717, 1.165) is 12.8 Å². The molecule has 2 nitrogen and oxygen atoms in total. The minimum atomic E-state index is -0.117. The van der Waals surface area contributed by atoms with E-state index in [1.165, 1.54) is 0 Å². The number of rotatable bonds is 4. The van der Waals surface area contributed by atoms with E-state index in [2.05, 4.69) is 5.92 Å². The van der Waals surface area contributed by atoms with Crippen LogP contribution in [0.15, 0.2) is 0 Å². The summed E-state index contributed by atoms with van der Waals surface area (Å²) in [6.07, 6.45) is 6.59. The highest BCUT2D eigenvalue weighted by molar-refractivity contribution is 5.96. The van der Waals surface area contributed by atoms with E-state index in [4.69, 9.17) is 12.2 Å². The normalized spacial score (nSPS) is 12.1. The maximum atomic E-state index is 10.7. The fourth-order valence-electron chi connectivity index (χ4n) is 0.697. The van der Waals surface area contributed by atoms with E-state index in [-0.39, 0.29) is 11.7 Å². The third-order valence-corrected chi connectivity index (χ3v) is 1.43. The maximum absolute atomic E-state index is 10.7. The van der Waals surface area contributed by atoms with Crippen LogP contribution in [-0.2, 0) is 4.79 Å². The largest absolute Gasteiger partial charge is 0.330 e. The molecule has 10 heavy (non-hydrogen) atoms. The van der Waals surface area contributed by atoms with Gasteiger partial charge < -0.3 is 5.73 Å². The highest BCUT2D eigenvalue weighted by Gasteiger charge is 2.07. The molecule has 0 aliphatic carbocycles. The predicted octanol–water partition coefficient (Wildman–Crippen LogP) is 0.564. The molecule has 0 bridgehead atoms. The van der Waals surface area contributed by atoms with Crippen molar-refractivity contribution in [2.24, 2.45) is 11.7 Å². The number of hydrogen-bond acceptors (Lipinski definition) is 2. The van der Waals surface area contributed by atoms with Crippen LogP contribution in [0.4, 0.5) is 0 Å². The molecule has 0 aromatic carbocycles. The molecule has 0 rings (SSSR count). The number of nitrogens with two attached hydrogens (primary N) is 1. The Labute approximate surface area is 61.8 Å². The van der Waals surface area contributed by atoms with E-state index in [1.807, 2.05) is 6.92 Å². The first-order chi connectivity index (χ1) is 4.72. The number of carbonyl (C=O) groups excluding carboxylic acids is 1. The van der Waals surface area contributed by atoms with Crippen LogP contribution in [-0.4, -0.2) is 12.3 Å². The van der Waals surface area contributed by atoms with Gasteiger partial charge in [-0.2, -0.15) is 0 Å². The molecule has 2 N–H and O–H groups in total. The van der Waals surface area contributed by atoms with E-state index < -0.39 is 0 Å². The summed E-state index contributed by atoms with van der Waals surface area (Å²) in [6, 6.07) is 0. The van der Waals surface area contributed by atoms with Crippen molar-refractivity contribution in [3.05, 3.63) is 0 Å². The molecule has 0 saturated heterocycles. The third-order valence-electron chi connectivity index (χ3n) is 1.43. The first-order valence-electron chi connectivity index (χ1n) is 3.43. The van der Waals surface area contributed by atoms with Gasteiger partial charge in [0.15, 0.2) is 0 Å². The summed E-state index contributed by atoms with van der Waals surface area (Å²) in [6.45, 7) is 2.46. The molecular formula is C8H13NO. The van der Waals surface area contributed by atoms with Crippen molar-refractivity contribution in [1.29, 1.82) is 0 Å². The van der Waals surface area contributed by atoms with E-state index >= 15 is 0 Å². The predicted molar refractivity (Wildman–Crippen MR) is 41.3 cm³/mol. The maximum Gasteiger partial charge on any atom is 0.207 e. The smallest absolute Gasteiger partial charge is 0.207 e. The van der Waals surface area contributed by atoms with Crippen LogP contribution in [0.25, 0.3) is 0 Å². The summed E-state index contributed by atoms with van der Waals surface area (Å²) in [4.78, 5) is 10.7. The Kier molecular flexibility index (Phi) is 4.61. The Balaban J connectivity index is 3.54. The number of hydrogen-bond donors (Lipinski definition) is 1. The van der Waals surface area contributed by atoms with Crippen molar-refractivity contribution in [2.45, 2.75) is 19.8 Å². The second-order valence-corrected chi connectivity index (χ2v) is 2.34. The van der Waals surface area contributed by atoms with Crippen LogP contribution in [0.3, 0.4) is 0 Å². The zero-order valence-electron chi connectivity index (χ0n) is 6.26. The zero-order valence-corrected chi connectivity index (χ0v) is 6.26. The molecule has 1 unspecified atom stereocenters. The van der Waals surface area contributed by atoms with E-state index in [9.17, 15) is 4.79 Å². The van der Waals surface area contributed by atoms with Crippen LogP contribution in [0.1, 0.15) is 19.8 Å². The zero-order chi connectivity index (χ0) is 7.98. The van der Waals surface area contributed by atoms with Crippen molar-refractivity contribution in [1.82, 2.24) is 0 Å². The van der Waals surface area contributed by atoms with Crippen molar-refractivity contribution >= 4 is 5.78 Å². The molecular weight excluding hydrogens is 126 g/mol. The molecule has 2 heteroatoms. The molecule has 0 aliphatic heterocycles. The van der Waals surface area contributed by atoms with Gasteiger partial charge in [-0.3, -0.25) is 4.79 Å². The summed E-state index contributed by atoms with van der Waals surface area (Å²) in [5, 5.41) is 0. The van der Waals surface area contributed by atoms with Gasteiger partial charge in [0.1, 0.15) is 0 Å². The second kappa shape index (κ2) is 5.01. The topological polar surface area (TPSA) is 43.1 Å². The van der Waals surface area contributed by atoms with Gasteiger partial charge in [-0.25, -0.2) is 0 Å². The molecule has 1 atom stereocenters. The Morgan fingerprint density at radius 1 is 1.80 bits per heavy atom. The van der Waals surface area contributed by atoms with E-state index in [0.29, 0.717) is 6.54 Å². The Morgan fingerprint density at radius 3 is 2.80 bits per heavy atom. The SMILES string of the molecule is C#CC(=O)C(C)CCCN. The number of Topliss-reactive ketones (excluding diaryl/α,β-unsaturated/α-hetero) is 1. The number of terminal acetylenes is 1. The van der Waals surface area contributed by atoms with Gasteiger partial charge in [0, 0.05) is 5.92 Å². The fraction of sp³-hybridized carbons (Fsp3) is 0.625. The van der Waals surface area contributed by atoms with Crippen LogP contribution >= 0.6 is 0 Å². The first-order valence-corrected chi connectivity index (χ1v) is 3.43. The lowest BCUT2D eigenvalue weighted by molar-refractivity contribution is -0.117. The van der Waals surface area contributed by atoms with Crippen molar-refractivity contribution in [3.63, 3.8) is 0 Å². The van der Waals surface area contributed by atoms with Gasteiger partial charge in [0.25, 0.3) is 0 Å². The lowest BCUT2D eigenvalue weighted by atomic mass is 10.0. The lowest BCUT2D eigenvalue weighted by Gasteiger charge is -2.02. The molecule has 0 fully saturated rings. The number of ketones is 1.